The van der Waals surface area contributed by atoms with Gasteiger partial charge in [0.15, 0.2) is 5.82 Å². The van der Waals surface area contributed by atoms with E-state index in [0.29, 0.717) is 0 Å². The van der Waals surface area contributed by atoms with E-state index in [1.165, 1.54) is 29.1 Å². The topological polar surface area (TPSA) is 76.0 Å². The Hall–Kier alpha value is -2.84. The third-order valence-corrected chi connectivity index (χ3v) is 3.63. The first kappa shape index (κ1) is 16.0. The van der Waals surface area contributed by atoms with Crippen molar-refractivity contribution in [1.29, 1.82) is 0 Å². The van der Waals surface area contributed by atoms with E-state index in [0.717, 1.165) is 12.1 Å². The molecule has 126 valence electrons. The number of hydrogen-bond acceptors (Lipinski definition) is 3. The number of benzene rings is 1. The van der Waals surface area contributed by atoms with E-state index in [-0.39, 0.29) is 36.3 Å². The first-order valence-electron chi connectivity index (χ1n) is 7.14. The fourth-order valence-electron chi connectivity index (χ4n) is 2.38. The Morgan fingerprint density at radius 3 is 2.79 bits per heavy atom. The van der Waals surface area contributed by atoms with Crippen LogP contribution in [-0.4, -0.2) is 28.1 Å². The Bertz CT molecular complexity index is 785. The molecule has 1 saturated heterocycles. The van der Waals surface area contributed by atoms with E-state index in [4.69, 9.17) is 0 Å². The van der Waals surface area contributed by atoms with Gasteiger partial charge in [0, 0.05) is 25.2 Å². The van der Waals surface area contributed by atoms with Crippen LogP contribution in [-0.2, 0) is 15.8 Å². The van der Waals surface area contributed by atoms with E-state index >= 15 is 0 Å². The average molecular weight is 338 g/mol. The third kappa shape index (κ3) is 3.39. The highest BCUT2D eigenvalue weighted by atomic mass is 19.4. The molecule has 2 amide bonds. The minimum absolute atomic E-state index is 0.111. The number of amides is 2. The molecule has 1 aliphatic rings. The molecule has 2 N–H and O–H groups in total. The van der Waals surface area contributed by atoms with Gasteiger partial charge < -0.3 is 10.6 Å². The number of anilines is 1. The van der Waals surface area contributed by atoms with Crippen molar-refractivity contribution in [2.24, 2.45) is 5.92 Å². The SMILES string of the molecule is O=C1C[C@H](C(=O)Nc2ccn(-c3cccc(C(F)(F)F)c3)n2)CN1. The minimum Gasteiger partial charge on any atom is -0.355 e. The van der Waals surface area contributed by atoms with Gasteiger partial charge in [-0.3, -0.25) is 9.59 Å². The van der Waals surface area contributed by atoms with Crippen molar-refractivity contribution in [2.45, 2.75) is 12.6 Å². The number of nitrogens with zero attached hydrogens (tertiary/aromatic N) is 2. The first-order valence-corrected chi connectivity index (χ1v) is 7.14. The van der Waals surface area contributed by atoms with Gasteiger partial charge in [0.25, 0.3) is 0 Å². The normalized spacial score (nSPS) is 17.6. The Labute approximate surface area is 134 Å². The van der Waals surface area contributed by atoms with E-state index in [1.807, 2.05) is 0 Å². The molecule has 0 saturated carbocycles. The van der Waals surface area contributed by atoms with Crippen molar-refractivity contribution in [3.8, 4) is 5.69 Å². The highest BCUT2D eigenvalue weighted by Crippen LogP contribution is 2.30. The number of carbonyl (C=O) groups excluding carboxylic acids is 2. The lowest BCUT2D eigenvalue weighted by molar-refractivity contribution is -0.137. The smallest absolute Gasteiger partial charge is 0.355 e. The van der Waals surface area contributed by atoms with Crippen molar-refractivity contribution in [3.05, 3.63) is 42.1 Å². The molecular formula is C15H13F3N4O2. The third-order valence-electron chi connectivity index (χ3n) is 3.63. The van der Waals surface area contributed by atoms with Crippen LogP contribution in [0.2, 0.25) is 0 Å². The van der Waals surface area contributed by atoms with Gasteiger partial charge in [-0.2, -0.15) is 18.3 Å². The second kappa shape index (κ2) is 5.99. The van der Waals surface area contributed by atoms with Gasteiger partial charge in [0.1, 0.15) is 0 Å². The minimum atomic E-state index is -4.44. The molecule has 3 rings (SSSR count). The summed E-state index contributed by atoms with van der Waals surface area (Å²) in [4.78, 5) is 23.1. The maximum atomic E-state index is 12.7. The summed E-state index contributed by atoms with van der Waals surface area (Å²) in [5.41, 5.74) is -0.556. The molecule has 1 atom stereocenters. The fraction of sp³-hybridized carbons (Fsp3) is 0.267. The van der Waals surface area contributed by atoms with E-state index in [9.17, 15) is 22.8 Å². The number of aromatic nitrogens is 2. The van der Waals surface area contributed by atoms with Crippen LogP contribution in [0.15, 0.2) is 36.5 Å². The molecule has 6 nitrogen and oxygen atoms in total. The van der Waals surface area contributed by atoms with Gasteiger partial charge in [0.05, 0.1) is 17.2 Å². The number of halogens is 3. The van der Waals surface area contributed by atoms with Crippen molar-refractivity contribution in [3.63, 3.8) is 0 Å². The summed E-state index contributed by atoms with van der Waals surface area (Å²) in [5.74, 6) is -0.819. The highest BCUT2D eigenvalue weighted by molar-refractivity contribution is 5.96. The van der Waals surface area contributed by atoms with Gasteiger partial charge in [-0.25, -0.2) is 4.68 Å². The summed E-state index contributed by atoms with van der Waals surface area (Å²) >= 11 is 0. The second-order valence-electron chi connectivity index (χ2n) is 5.39. The van der Waals surface area contributed by atoms with Gasteiger partial charge in [-0.15, -0.1) is 0 Å². The molecule has 0 unspecified atom stereocenters. The molecule has 1 fully saturated rings. The lowest BCUT2D eigenvalue weighted by atomic mass is 10.1. The number of alkyl halides is 3. The maximum Gasteiger partial charge on any atom is 0.416 e. The van der Waals surface area contributed by atoms with Crippen LogP contribution in [0.25, 0.3) is 5.69 Å². The molecule has 1 aromatic carbocycles. The van der Waals surface area contributed by atoms with Crippen LogP contribution in [0.5, 0.6) is 0 Å². The Kier molecular flexibility index (Phi) is 4.00. The molecule has 2 heterocycles. The van der Waals surface area contributed by atoms with Gasteiger partial charge in [0.2, 0.25) is 11.8 Å². The average Bonchev–Trinajstić information content (AvgIpc) is 3.16. The Balaban J connectivity index is 1.74. The molecule has 0 bridgehead atoms. The quantitative estimate of drug-likeness (QED) is 0.898. The lowest BCUT2D eigenvalue weighted by Gasteiger charge is -2.09. The molecule has 0 radical (unpaired) electrons. The Morgan fingerprint density at radius 2 is 2.12 bits per heavy atom. The molecule has 0 spiro atoms. The number of rotatable bonds is 3. The monoisotopic (exact) mass is 338 g/mol. The van der Waals surface area contributed by atoms with Crippen LogP contribution in [0.1, 0.15) is 12.0 Å². The standard InChI is InChI=1S/C15H13F3N4O2/c16-15(17,18)10-2-1-3-11(7-10)22-5-4-12(21-22)20-14(24)9-6-13(23)19-8-9/h1-5,7,9H,6,8H2,(H,19,23)(H,20,21,24)/t9-/m0/s1. The first-order chi connectivity index (χ1) is 11.3. The van der Waals surface area contributed by atoms with Crippen molar-refractivity contribution in [1.82, 2.24) is 15.1 Å². The van der Waals surface area contributed by atoms with Crippen LogP contribution in [0.3, 0.4) is 0 Å². The molecule has 9 heteroatoms. The fourth-order valence-corrected chi connectivity index (χ4v) is 2.38. The van der Waals surface area contributed by atoms with E-state index < -0.39 is 17.7 Å². The zero-order valence-electron chi connectivity index (χ0n) is 12.3. The zero-order valence-corrected chi connectivity index (χ0v) is 12.3. The summed E-state index contributed by atoms with van der Waals surface area (Å²) < 4.78 is 39.5. The molecule has 0 aliphatic carbocycles. The summed E-state index contributed by atoms with van der Waals surface area (Å²) in [6, 6.07) is 6.18. The number of nitrogens with one attached hydrogen (secondary N) is 2. The summed E-state index contributed by atoms with van der Waals surface area (Å²) in [5, 5.41) is 9.16. The lowest BCUT2D eigenvalue weighted by Crippen LogP contribution is -2.24. The molecular weight excluding hydrogens is 325 g/mol. The molecule has 2 aromatic rings. The molecule has 24 heavy (non-hydrogen) atoms. The van der Waals surface area contributed by atoms with E-state index in [2.05, 4.69) is 15.7 Å². The summed E-state index contributed by atoms with van der Waals surface area (Å²) in [7, 11) is 0. The van der Waals surface area contributed by atoms with E-state index in [1.54, 1.807) is 0 Å². The molecule has 1 aromatic heterocycles. The van der Waals surface area contributed by atoms with Gasteiger partial charge >= 0.3 is 6.18 Å². The largest absolute Gasteiger partial charge is 0.416 e. The predicted octanol–water partition coefficient (Wildman–Crippen LogP) is 1.97. The van der Waals surface area contributed by atoms with Gasteiger partial charge in [-0.1, -0.05) is 6.07 Å². The second-order valence-corrected chi connectivity index (χ2v) is 5.39. The summed E-state index contributed by atoms with van der Waals surface area (Å²) in [6.45, 7) is 0.263. The number of carbonyl (C=O) groups is 2. The van der Waals surface area contributed by atoms with Crippen LogP contribution in [0, 0.1) is 5.92 Å². The Morgan fingerprint density at radius 1 is 1.33 bits per heavy atom. The zero-order chi connectivity index (χ0) is 17.3. The van der Waals surface area contributed by atoms with Gasteiger partial charge in [-0.05, 0) is 18.2 Å². The summed E-state index contributed by atoms with van der Waals surface area (Å²) in [6.07, 6.45) is -2.88. The van der Waals surface area contributed by atoms with Crippen LogP contribution >= 0.6 is 0 Å². The van der Waals surface area contributed by atoms with Crippen molar-refractivity contribution in [2.75, 3.05) is 11.9 Å². The molecule has 1 aliphatic heterocycles. The van der Waals surface area contributed by atoms with Crippen molar-refractivity contribution >= 4 is 17.6 Å². The maximum absolute atomic E-state index is 12.7. The van der Waals surface area contributed by atoms with Crippen LogP contribution < -0.4 is 10.6 Å². The predicted molar refractivity (Wildman–Crippen MR) is 78.3 cm³/mol. The number of hydrogen-bond donors (Lipinski definition) is 2. The van der Waals surface area contributed by atoms with Crippen LogP contribution in [0.4, 0.5) is 19.0 Å². The van der Waals surface area contributed by atoms with Crippen molar-refractivity contribution < 1.29 is 22.8 Å². The highest BCUT2D eigenvalue weighted by Gasteiger charge is 2.31.